The van der Waals surface area contributed by atoms with Gasteiger partial charge in [0.1, 0.15) is 12.6 Å². The number of sulfonamides is 1. The first-order valence-electron chi connectivity index (χ1n) is 11.5. The molecule has 0 radical (unpaired) electrons. The number of halogens is 1. The number of nitrogens with zero attached hydrogens (tertiary/aromatic N) is 2. The van der Waals surface area contributed by atoms with Crippen molar-refractivity contribution in [2.24, 2.45) is 0 Å². The van der Waals surface area contributed by atoms with Crippen molar-refractivity contribution in [2.75, 3.05) is 17.1 Å². The molecule has 0 aliphatic rings. The Labute approximate surface area is 218 Å². The first-order chi connectivity index (χ1) is 16.1. The molecule has 2 amide bonds. The van der Waals surface area contributed by atoms with Crippen LogP contribution in [0.4, 0.5) is 5.69 Å². The number of rotatable bonds is 9. The molecule has 0 spiro atoms. The highest BCUT2D eigenvalue weighted by Crippen LogP contribution is 2.25. The van der Waals surface area contributed by atoms with E-state index >= 15 is 0 Å². The Kier molecular flexibility index (Phi) is 9.53. The number of carbonyl (C=O) groups is 2. The summed E-state index contributed by atoms with van der Waals surface area (Å²) in [7, 11) is -3.77. The monoisotopic (exact) mass is 565 g/mol. The second kappa shape index (κ2) is 11.6. The summed E-state index contributed by atoms with van der Waals surface area (Å²) in [6.45, 7) is 11.1. The Morgan fingerprint density at radius 3 is 2.26 bits per heavy atom. The van der Waals surface area contributed by atoms with Gasteiger partial charge in [0.15, 0.2) is 0 Å². The molecule has 0 saturated heterocycles. The molecule has 0 heterocycles. The van der Waals surface area contributed by atoms with Gasteiger partial charge in [-0.2, -0.15) is 0 Å². The average Bonchev–Trinajstić information content (AvgIpc) is 2.71. The third-order valence-corrected chi connectivity index (χ3v) is 7.46. The predicted octanol–water partition coefficient (Wildman–Crippen LogP) is 4.55. The highest BCUT2D eigenvalue weighted by atomic mass is 79.9. The number of hydrogen-bond donors (Lipinski definition) is 1. The van der Waals surface area contributed by atoms with E-state index in [4.69, 9.17) is 0 Å². The van der Waals surface area contributed by atoms with Gasteiger partial charge < -0.3 is 10.2 Å². The molecule has 1 atom stereocenters. The Morgan fingerprint density at radius 1 is 1.09 bits per heavy atom. The molecule has 0 bridgehead atoms. The lowest BCUT2D eigenvalue weighted by Gasteiger charge is -2.34. The number of nitrogens with one attached hydrogen (secondary N) is 1. The molecule has 0 fully saturated rings. The minimum atomic E-state index is -3.77. The smallest absolute Gasteiger partial charge is 0.244 e. The van der Waals surface area contributed by atoms with E-state index in [1.807, 2.05) is 65.8 Å². The van der Waals surface area contributed by atoms with Crippen molar-refractivity contribution in [3.63, 3.8) is 0 Å². The van der Waals surface area contributed by atoms with Crippen molar-refractivity contribution in [3.8, 4) is 0 Å². The molecule has 2 rings (SSSR count). The SMILES string of the molecule is CCC(C(=O)NC(C)(C)C)N(Cc1cccc(C)c1)C(=O)CN(c1ccc(Br)c(C)c1)S(C)(=O)=O. The first-order valence-corrected chi connectivity index (χ1v) is 14.2. The zero-order valence-corrected chi connectivity index (χ0v) is 24.0. The molecule has 1 N–H and O–H groups in total. The van der Waals surface area contributed by atoms with E-state index in [1.54, 1.807) is 18.2 Å². The summed E-state index contributed by atoms with van der Waals surface area (Å²) in [5.41, 5.74) is 2.66. The van der Waals surface area contributed by atoms with Crippen molar-refractivity contribution >= 4 is 43.5 Å². The van der Waals surface area contributed by atoms with Gasteiger partial charge in [0.25, 0.3) is 0 Å². The fourth-order valence-corrected chi connectivity index (χ4v) is 4.87. The quantitative estimate of drug-likeness (QED) is 0.483. The molecule has 0 aromatic heterocycles. The van der Waals surface area contributed by atoms with Crippen LogP contribution in [0.1, 0.15) is 50.8 Å². The van der Waals surface area contributed by atoms with Gasteiger partial charge in [0, 0.05) is 16.6 Å². The Balaban J connectivity index is 2.48. The zero-order valence-electron chi connectivity index (χ0n) is 21.6. The van der Waals surface area contributed by atoms with E-state index in [-0.39, 0.29) is 12.5 Å². The highest BCUT2D eigenvalue weighted by Gasteiger charge is 2.33. The Bertz CT molecular complexity index is 1180. The van der Waals surface area contributed by atoms with Crippen LogP contribution in [0, 0.1) is 13.8 Å². The third-order valence-electron chi connectivity index (χ3n) is 5.43. The standard InChI is InChI=1S/C26H36BrN3O4S/c1-8-23(25(32)28-26(4,5)6)29(16-20-11-9-10-18(2)14-20)24(31)17-30(35(7,33)34)21-12-13-22(27)19(3)15-21/h9-15,23H,8,16-17H2,1-7H3,(H,28,32). The molecule has 9 heteroatoms. The summed E-state index contributed by atoms with van der Waals surface area (Å²) in [5.74, 6) is -0.722. The van der Waals surface area contributed by atoms with Crippen LogP contribution in [0.15, 0.2) is 46.9 Å². The van der Waals surface area contributed by atoms with E-state index in [0.29, 0.717) is 12.1 Å². The largest absolute Gasteiger partial charge is 0.350 e. The summed E-state index contributed by atoms with van der Waals surface area (Å²) in [4.78, 5) is 28.4. The molecule has 35 heavy (non-hydrogen) atoms. The predicted molar refractivity (Wildman–Crippen MR) is 145 cm³/mol. The van der Waals surface area contributed by atoms with E-state index < -0.39 is 34.1 Å². The van der Waals surface area contributed by atoms with Crippen molar-refractivity contribution in [3.05, 3.63) is 63.6 Å². The van der Waals surface area contributed by atoms with Gasteiger partial charge in [-0.25, -0.2) is 8.42 Å². The van der Waals surface area contributed by atoms with Crippen LogP contribution in [-0.2, 0) is 26.2 Å². The molecular weight excluding hydrogens is 530 g/mol. The number of anilines is 1. The lowest BCUT2D eigenvalue weighted by Crippen LogP contribution is -2.55. The number of carbonyl (C=O) groups excluding carboxylic acids is 2. The third kappa shape index (κ3) is 8.35. The molecular formula is C26H36BrN3O4S. The minimum absolute atomic E-state index is 0.188. The number of hydrogen-bond acceptors (Lipinski definition) is 4. The summed E-state index contributed by atoms with van der Waals surface area (Å²) in [6.07, 6.45) is 1.46. The van der Waals surface area contributed by atoms with E-state index in [1.165, 1.54) is 4.90 Å². The fourth-order valence-electron chi connectivity index (χ4n) is 3.78. The maximum absolute atomic E-state index is 13.7. The van der Waals surface area contributed by atoms with Gasteiger partial charge in [-0.15, -0.1) is 0 Å². The van der Waals surface area contributed by atoms with Gasteiger partial charge in [-0.1, -0.05) is 52.7 Å². The molecule has 192 valence electrons. The van der Waals surface area contributed by atoms with Gasteiger partial charge in [0.05, 0.1) is 11.9 Å². The zero-order chi connectivity index (χ0) is 26.6. The second-order valence-electron chi connectivity index (χ2n) is 9.88. The molecule has 2 aromatic rings. The van der Waals surface area contributed by atoms with Crippen LogP contribution in [-0.4, -0.2) is 49.5 Å². The van der Waals surface area contributed by atoms with Crippen molar-refractivity contribution in [1.29, 1.82) is 0 Å². The van der Waals surface area contributed by atoms with Gasteiger partial charge in [-0.05, 0) is 70.4 Å². The number of aryl methyl sites for hydroxylation is 2. The Morgan fingerprint density at radius 2 is 1.74 bits per heavy atom. The van der Waals surface area contributed by atoms with Crippen LogP contribution in [0.25, 0.3) is 0 Å². The van der Waals surface area contributed by atoms with E-state index in [9.17, 15) is 18.0 Å². The maximum atomic E-state index is 13.7. The van der Waals surface area contributed by atoms with Crippen molar-refractivity contribution in [2.45, 2.75) is 66.1 Å². The lowest BCUT2D eigenvalue weighted by atomic mass is 10.0. The van der Waals surface area contributed by atoms with Crippen molar-refractivity contribution < 1.29 is 18.0 Å². The summed E-state index contributed by atoms with van der Waals surface area (Å²) >= 11 is 3.43. The van der Waals surface area contributed by atoms with Gasteiger partial charge in [0.2, 0.25) is 21.8 Å². The van der Waals surface area contributed by atoms with Crippen LogP contribution in [0.5, 0.6) is 0 Å². The van der Waals surface area contributed by atoms with Gasteiger partial charge in [-0.3, -0.25) is 13.9 Å². The average molecular weight is 567 g/mol. The van der Waals surface area contributed by atoms with Crippen LogP contribution in [0.3, 0.4) is 0 Å². The molecule has 7 nitrogen and oxygen atoms in total. The maximum Gasteiger partial charge on any atom is 0.244 e. The molecule has 2 aromatic carbocycles. The van der Waals surface area contributed by atoms with Crippen LogP contribution >= 0.6 is 15.9 Å². The normalized spacial score (nSPS) is 12.7. The first kappa shape index (κ1) is 28.8. The lowest BCUT2D eigenvalue weighted by molar-refractivity contribution is -0.141. The minimum Gasteiger partial charge on any atom is -0.350 e. The van der Waals surface area contributed by atoms with E-state index in [0.717, 1.165) is 31.7 Å². The molecule has 0 aliphatic heterocycles. The Hall–Kier alpha value is -2.39. The fraction of sp³-hybridized carbons (Fsp3) is 0.462. The van der Waals surface area contributed by atoms with E-state index in [2.05, 4.69) is 21.2 Å². The van der Waals surface area contributed by atoms with Crippen molar-refractivity contribution in [1.82, 2.24) is 10.2 Å². The van der Waals surface area contributed by atoms with Gasteiger partial charge >= 0.3 is 0 Å². The summed E-state index contributed by atoms with van der Waals surface area (Å²) in [5, 5.41) is 2.96. The molecule has 0 aliphatic carbocycles. The molecule has 1 unspecified atom stereocenters. The highest BCUT2D eigenvalue weighted by molar-refractivity contribution is 9.10. The number of amides is 2. The summed E-state index contributed by atoms with van der Waals surface area (Å²) in [6, 6.07) is 12.1. The second-order valence-corrected chi connectivity index (χ2v) is 12.6. The topological polar surface area (TPSA) is 86.8 Å². The number of benzene rings is 2. The van der Waals surface area contributed by atoms with Crippen LogP contribution in [0.2, 0.25) is 0 Å². The molecule has 0 saturated carbocycles. The van der Waals surface area contributed by atoms with Crippen LogP contribution < -0.4 is 9.62 Å². The summed E-state index contributed by atoms with van der Waals surface area (Å²) < 4.78 is 27.4.